The highest BCUT2D eigenvalue weighted by molar-refractivity contribution is 6.41. The maximum atomic E-state index is 14.2. The van der Waals surface area contributed by atoms with Crippen LogP contribution in [0.5, 0.6) is 0 Å². The zero-order chi connectivity index (χ0) is 39.7. The van der Waals surface area contributed by atoms with E-state index in [9.17, 15) is 44.1 Å². The number of aliphatic hydroxyl groups is 1. The number of urea groups is 1. The van der Waals surface area contributed by atoms with Crippen molar-refractivity contribution in [1.82, 2.24) is 34.6 Å². The number of aromatic nitrogens is 5. The maximum Gasteiger partial charge on any atom is 0.416 e. The number of rotatable bonds is 9. The summed E-state index contributed by atoms with van der Waals surface area (Å²) in [5.41, 5.74) is 1.48. The van der Waals surface area contributed by atoms with Crippen LogP contribution in [0.1, 0.15) is 28.9 Å². The number of hydrogen-bond donors (Lipinski definition) is 5. The Bertz CT molecular complexity index is 2360. The Balaban J connectivity index is 1.15. The highest BCUT2D eigenvalue weighted by Gasteiger charge is 2.41. The number of anilines is 3. The monoisotopic (exact) mass is 784 g/mol. The van der Waals surface area contributed by atoms with Crippen molar-refractivity contribution in [3.05, 3.63) is 89.3 Å². The number of hydrogen-bond acceptors (Lipinski definition) is 10. The molecular weight excluding hydrogens is 752 g/mol. The fraction of sp³-hybridized carbons (Fsp3) is 0.250. The van der Waals surface area contributed by atoms with Gasteiger partial charge in [-0.25, -0.2) is 19.0 Å². The minimum absolute atomic E-state index is 0.0328. The van der Waals surface area contributed by atoms with E-state index in [0.717, 1.165) is 11.0 Å². The van der Waals surface area contributed by atoms with Gasteiger partial charge in [-0.15, -0.1) is 5.10 Å². The van der Waals surface area contributed by atoms with Crippen LogP contribution in [0.2, 0.25) is 5.02 Å². The lowest BCUT2D eigenvalue weighted by atomic mass is 10.0. The van der Waals surface area contributed by atoms with Gasteiger partial charge in [0.05, 0.1) is 23.0 Å². The molecule has 7 rings (SSSR count). The van der Waals surface area contributed by atoms with Crippen LogP contribution >= 0.6 is 11.6 Å². The Morgan fingerprint density at radius 1 is 0.839 bits per heavy atom. The number of carboxylic acid groups (broad SMARTS) is 2. The van der Waals surface area contributed by atoms with E-state index >= 15 is 0 Å². The molecule has 2 fully saturated rings. The number of amides is 5. The molecule has 0 saturated carbocycles. The van der Waals surface area contributed by atoms with Crippen LogP contribution in [-0.4, -0.2) is 124 Å². The summed E-state index contributed by atoms with van der Waals surface area (Å²) in [4.78, 5) is 82.4. The number of aliphatic hydroxyl groups excluding tert-OH is 1. The second kappa shape index (κ2) is 15.5. The third-order valence-corrected chi connectivity index (χ3v) is 9.86. The van der Waals surface area contributed by atoms with Crippen LogP contribution in [0.25, 0.3) is 16.6 Å². The molecule has 19 nitrogen and oxygen atoms in total. The van der Waals surface area contributed by atoms with Gasteiger partial charge in [-0.2, -0.15) is 4.68 Å². The number of piperidine rings is 1. The maximum absolute atomic E-state index is 14.2. The highest BCUT2D eigenvalue weighted by Crippen LogP contribution is 2.31. The van der Waals surface area contributed by atoms with Crippen LogP contribution in [-0.2, 0) is 20.8 Å². The molecule has 0 aliphatic carbocycles. The predicted molar refractivity (Wildman–Crippen MR) is 199 cm³/mol. The highest BCUT2D eigenvalue weighted by atomic mass is 35.5. The quantitative estimate of drug-likeness (QED) is 0.136. The van der Waals surface area contributed by atoms with Gasteiger partial charge in [-0.05, 0) is 83.4 Å². The molecule has 2 saturated heterocycles. The molecule has 1 atom stereocenters. The van der Waals surface area contributed by atoms with Gasteiger partial charge in [0.1, 0.15) is 18.1 Å². The van der Waals surface area contributed by atoms with Crippen LogP contribution in [0, 0.1) is 0 Å². The van der Waals surface area contributed by atoms with Gasteiger partial charge in [-0.3, -0.25) is 14.4 Å². The number of carbonyl (C=O) groups excluding carboxylic acids is 4. The Labute approximate surface area is 321 Å². The molecule has 0 spiro atoms. The van der Waals surface area contributed by atoms with Crippen LogP contribution in [0.3, 0.4) is 0 Å². The SMILES string of the molecule is O=C(O)c1cc2cc(NC(=O)C(Cc3ccc(NC(=O)N4CCC(O)CC4)cc3)N3CCN(c4cc(Cl)ccc4-n4cnnn4)C(=O)C3=O)ccc2n1C(=O)O. The molecule has 4 heterocycles. The number of tetrazole rings is 1. The number of benzene rings is 3. The van der Waals surface area contributed by atoms with Crippen LogP contribution < -0.4 is 15.5 Å². The topological polar surface area (TPSA) is 245 Å². The molecule has 288 valence electrons. The van der Waals surface area contributed by atoms with Crippen molar-refractivity contribution in [2.75, 3.05) is 41.7 Å². The zero-order valence-corrected chi connectivity index (χ0v) is 30.0. The number of fused-ring (bicyclic) bond motifs is 1. The number of halogens is 1. The Morgan fingerprint density at radius 2 is 1.57 bits per heavy atom. The van der Waals surface area contributed by atoms with Gasteiger partial charge in [0.2, 0.25) is 5.91 Å². The van der Waals surface area contributed by atoms with E-state index in [2.05, 4.69) is 26.2 Å². The van der Waals surface area contributed by atoms with Gasteiger partial charge >= 0.3 is 29.9 Å². The summed E-state index contributed by atoms with van der Waals surface area (Å²) >= 11 is 6.29. The molecule has 3 aromatic carbocycles. The average Bonchev–Trinajstić information content (AvgIpc) is 3.85. The molecule has 5 aromatic rings. The first-order valence-electron chi connectivity index (χ1n) is 17.3. The Kier molecular flexibility index (Phi) is 10.4. The second-order valence-electron chi connectivity index (χ2n) is 13.1. The van der Waals surface area contributed by atoms with E-state index in [1.54, 1.807) is 41.3 Å². The first kappa shape index (κ1) is 37.5. The average molecular weight is 785 g/mol. The molecule has 2 aliphatic rings. The van der Waals surface area contributed by atoms with E-state index in [0.29, 0.717) is 47.4 Å². The van der Waals surface area contributed by atoms with Crippen molar-refractivity contribution >= 4 is 75.4 Å². The lowest BCUT2D eigenvalue weighted by Crippen LogP contribution is -2.60. The molecule has 56 heavy (non-hydrogen) atoms. The Hall–Kier alpha value is -6.86. The summed E-state index contributed by atoms with van der Waals surface area (Å²) < 4.78 is 1.93. The summed E-state index contributed by atoms with van der Waals surface area (Å²) in [7, 11) is 0. The van der Waals surface area contributed by atoms with E-state index in [1.807, 2.05) is 0 Å². The van der Waals surface area contributed by atoms with E-state index in [1.165, 1.54) is 40.2 Å². The second-order valence-corrected chi connectivity index (χ2v) is 13.6. The third-order valence-electron chi connectivity index (χ3n) is 9.62. The zero-order valence-electron chi connectivity index (χ0n) is 29.3. The smallest absolute Gasteiger partial charge is 0.416 e. The number of aromatic carboxylic acids is 1. The molecule has 0 radical (unpaired) electrons. The van der Waals surface area contributed by atoms with Crippen LogP contribution in [0.15, 0.2) is 73.1 Å². The summed E-state index contributed by atoms with van der Waals surface area (Å²) in [6, 6.07) is 15.1. The van der Waals surface area contributed by atoms with Gasteiger partial charge in [0.25, 0.3) is 0 Å². The summed E-state index contributed by atoms with van der Waals surface area (Å²) in [5, 5.41) is 46.2. The largest absolute Gasteiger partial charge is 0.477 e. The molecular formula is C36H33ClN10O9. The van der Waals surface area contributed by atoms with Crippen molar-refractivity contribution in [2.45, 2.75) is 31.4 Å². The number of piperazine rings is 1. The Morgan fingerprint density at radius 3 is 2.25 bits per heavy atom. The number of nitrogens with zero attached hydrogens (tertiary/aromatic N) is 8. The minimum Gasteiger partial charge on any atom is -0.477 e. The van der Waals surface area contributed by atoms with Crippen molar-refractivity contribution in [2.24, 2.45) is 0 Å². The van der Waals surface area contributed by atoms with Crippen molar-refractivity contribution in [3.8, 4) is 5.69 Å². The first-order valence-corrected chi connectivity index (χ1v) is 17.7. The molecule has 5 amide bonds. The summed E-state index contributed by atoms with van der Waals surface area (Å²) in [5.74, 6) is -4.06. The van der Waals surface area contributed by atoms with Gasteiger partial charge in [0.15, 0.2) is 0 Å². The number of likely N-dealkylation sites (tertiary alicyclic amines) is 1. The fourth-order valence-electron chi connectivity index (χ4n) is 6.80. The molecule has 2 aromatic heterocycles. The lowest BCUT2D eigenvalue weighted by molar-refractivity contribution is -0.149. The van der Waals surface area contributed by atoms with E-state index in [4.69, 9.17) is 11.6 Å². The summed E-state index contributed by atoms with van der Waals surface area (Å²) in [6.45, 7) is 0.717. The first-order chi connectivity index (χ1) is 26.9. The molecule has 5 N–H and O–H groups in total. The molecule has 0 bridgehead atoms. The van der Waals surface area contributed by atoms with Crippen molar-refractivity contribution in [3.63, 3.8) is 0 Å². The fourth-order valence-corrected chi connectivity index (χ4v) is 6.97. The number of carbonyl (C=O) groups is 6. The predicted octanol–water partition coefficient (Wildman–Crippen LogP) is 2.91. The molecule has 1 unspecified atom stereocenters. The van der Waals surface area contributed by atoms with Crippen LogP contribution in [0.4, 0.5) is 26.7 Å². The normalized spacial score (nSPS) is 15.6. The summed E-state index contributed by atoms with van der Waals surface area (Å²) in [6.07, 6.45) is 0.288. The van der Waals surface area contributed by atoms with E-state index in [-0.39, 0.29) is 52.8 Å². The molecule has 2 aliphatic heterocycles. The molecule has 20 heteroatoms. The standard InChI is InChI=1S/C36H33ClN10O9/c37-22-3-7-27(46-19-38-41-42-46)28(18-22)44-13-14-45(33(51)32(44)50)29(15-20-1-4-23(5-2-20)40-35(54)43-11-9-25(48)10-12-43)31(49)39-24-6-8-26-21(16-24)17-30(34(52)53)47(26)36(55)56/h1-8,16-19,25,29,48H,9-15H2,(H,39,49)(H,40,54)(H,52,53)(H,55,56). The number of carboxylic acids is 1. The number of nitrogens with one attached hydrogen (secondary N) is 2. The third kappa shape index (κ3) is 7.57. The van der Waals surface area contributed by atoms with Gasteiger partial charge < -0.3 is 40.7 Å². The van der Waals surface area contributed by atoms with Gasteiger partial charge in [0, 0.05) is 54.4 Å². The minimum atomic E-state index is -1.50. The van der Waals surface area contributed by atoms with Gasteiger partial charge in [-0.1, -0.05) is 23.7 Å². The van der Waals surface area contributed by atoms with Crippen molar-refractivity contribution < 1.29 is 44.1 Å². The van der Waals surface area contributed by atoms with Crippen molar-refractivity contribution in [1.29, 1.82) is 0 Å². The lowest BCUT2D eigenvalue weighted by Gasteiger charge is -2.38. The van der Waals surface area contributed by atoms with E-state index < -0.39 is 47.6 Å².